The van der Waals surface area contributed by atoms with Crippen LogP contribution in [0.25, 0.3) is 5.00 Å². The van der Waals surface area contributed by atoms with E-state index in [1.54, 1.807) is 26.4 Å². The van der Waals surface area contributed by atoms with Gasteiger partial charge in [0.1, 0.15) is 16.5 Å². The van der Waals surface area contributed by atoms with E-state index < -0.39 is 0 Å². The molecule has 2 aliphatic heterocycles. The van der Waals surface area contributed by atoms with Crippen LogP contribution in [0.5, 0.6) is 11.5 Å². The molecule has 2 aromatic carbocycles. The van der Waals surface area contributed by atoms with Gasteiger partial charge in [0.15, 0.2) is 0 Å². The highest BCUT2D eigenvalue weighted by atomic mass is 35.5. The smallest absolute Gasteiger partial charge is 0.323 e. The van der Waals surface area contributed by atoms with Gasteiger partial charge in [-0.1, -0.05) is 23.7 Å². The molecule has 1 atom stereocenters. The van der Waals surface area contributed by atoms with Crippen molar-refractivity contribution in [2.75, 3.05) is 33.1 Å². The first-order valence-electron chi connectivity index (χ1n) is 12.5. The van der Waals surface area contributed by atoms with E-state index in [9.17, 15) is 4.79 Å². The van der Waals surface area contributed by atoms with Gasteiger partial charge in [-0.15, -0.1) is 11.3 Å². The molecule has 9 heteroatoms. The number of amides is 2. The quantitative estimate of drug-likeness (QED) is 0.323. The number of likely N-dealkylation sites (N-methyl/N-ethyl adjacent to an activating group) is 1. The molecule has 4 aromatic rings. The van der Waals surface area contributed by atoms with Crippen LogP contribution < -0.4 is 14.8 Å². The third-order valence-electron chi connectivity index (χ3n) is 7.33. The summed E-state index contributed by atoms with van der Waals surface area (Å²) in [5.74, 6) is 1.19. The molecule has 0 aliphatic carbocycles. The summed E-state index contributed by atoms with van der Waals surface area (Å²) in [6.07, 6.45) is 3.07. The number of rotatable bonds is 4. The van der Waals surface area contributed by atoms with Crippen LogP contribution in [0.2, 0.25) is 5.02 Å². The fourth-order valence-corrected chi connectivity index (χ4v) is 7.11. The fraction of sp³-hybridized carbons (Fsp3) is 0.276. The molecule has 2 aromatic heterocycles. The normalized spacial score (nSPS) is 16.7. The second-order valence-electron chi connectivity index (χ2n) is 9.66. The molecule has 0 spiro atoms. The van der Waals surface area contributed by atoms with E-state index >= 15 is 0 Å². The van der Waals surface area contributed by atoms with Gasteiger partial charge in [-0.2, -0.15) is 0 Å². The number of aromatic nitrogens is 1. The minimum Gasteiger partial charge on any atom is -0.497 e. The van der Waals surface area contributed by atoms with Gasteiger partial charge in [-0.05, 0) is 61.0 Å². The average Bonchev–Trinajstić information content (AvgIpc) is 3.50. The summed E-state index contributed by atoms with van der Waals surface area (Å²) < 4.78 is 13.2. The molecule has 0 radical (unpaired) electrons. The number of benzene rings is 2. The topological polar surface area (TPSA) is 59.0 Å². The second-order valence-corrected chi connectivity index (χ2v) is 11.2. The SMILES string of the molecule is COc1ccc(NC(=O)N2Cc3c(sc4c3CCN(C)C4)-n3cccc3[C@H]2c2cccc(Cl)c2)c(OC)c1. The second kappa shape index (κ2) is 10.0. The number of ether oxygens (including phenoxy) is 2. The Labute approximate surface area is 231 Å². The summed E-state index contributed by atoms with van der Waals surface area (Å²) >= 11 is 8.28. The fourth-order valence-electron chi connectivity index (χ4n) is 5.47. The van der Waals surface area contributed by atoms with Crippen molar-refractivity contribution in [2.24, 2.45) is 0 Å². The maximum absolute atomic E-state index is 14.2. The molecule has 2 aliphatic rings. The number of fused-ring (bicyclic) bond motifs is 5. The summed E-state index contributed by atoms with van der Waals surface area (Å²) in [4.78, 5) is 19.8. The van der Waals surface area contributed by atoms with E-state index in [1.807, 2.05) is 46.6 Å². The van der Waals surface area contributed by atoms with Gasteiger partial charge >= 0.3 is 6.03 Å². The predicted octanol–water partition coefficient (Wildman–Crippen LogP) is 6.33. The van der Waals surface area contributed by atoms with Crippen molar-refractivity contribution in [1.82, 2.24) is 14.4 Å². The number of hydrogen-bond acceptors (Lipinski definition) is 5. The van der Waals surface area contributed by atoms with Crippen molar-refractivity contribution < 1.29 is 14.3 Å². The van der Waals surface area contributed by atoms with Crippen molar-refractivity contribution in [3.05, 3.63) is 93.1 Å². The number of halogens is 1. The highest BCUT2D eigenvalue weighted by Gasteiger charge is 2.36. The number of anilines is 1. The lowest BCUT2D eigenvalue weighted by molar-refractivity contribution is 0.194. The third kappa shape index (κ3) is 4.32. The first-order valence-corrected chi connectivity index (χ1v) is 13.7. The van der Waals surface area contributed by atoms with E-state index in [0.29, 0.717) is 28.8 Å². The summed E-state index contributed by atoms with van der Waals surface area (Å²) in [7, 11) is 5.34. The lowest BCUT2D eigenvalue weighted by Crippen LogP contribution is -2.38. The van der Waals surface area contributed by atoms with Crippen LogP contribution in [-0.2, 0) is 19.5 Å². The van der Waals surface area contributed by atoms with Gasteiger partial charge in [0.25, 0.3) is 0 Å². The Morgan fingerprint density at radius 3 is 2.71 bits per heavy atom. The Kier molecular flexibility index (Phi) is 6.55. The number of carbonyl (C=O) groups is 1. The van der Waals surface area contributed by atoms with Crippen molar-refractivity contribution in [3.8, 4) is 16.5 Å². The van der Waals surface area contributed by atoms with Crippen LogP contribution in [0, 0.1) is 0 Å². The van der Waals surface area contributed by atoms with E-state index in [-0.39, 0.29) is 12.1 Å². The molecule has 6 rings (SSSR count). The molecule has 0 saturated carbocycles. The van der Waals surface area contributed by atoms with Crippen LogP contribution in [0.1, 0.15) is 33.3 Å². The molecule has 0 fully saturated rings. The van der Waals surface area contributed by atoms with Crippen molar-refractivity contribution in [3.63, 3.8) is 0 Å². The number of carbonyl (C=O) groups excluding carboxylic acids is 1. The first kappa shape index (κ1) is 24.9. The van der Waals surface area contributed by atoms with Gasteiger partial charge < -0.3 is 29.2 Å². The molecule has 1 N–H and O–H groups in total. The zero-order valence-corrected chi connectivity index (χ0v) is 23.1. The molecule has 196 valence electrons. The Morgan fingerprint density at radius 2 is 1.92 bits per heavy atom. The number of hydrogen-bond donors (Lipinski definition) is 1. The van der Waals surface area contributed by atoms with Gasteiger partial charge in [0.2, 0.25) is 0 Å². The number of nitrogens with one attached hydrogen (secondary N) is 1. The third-order valence-corrected chi connectivity index (χ3v) is 8.82. The molecule has 38 heavy (non-hydrogen) atoms. The van der Waals surface area contributed by atoms with E-state index in [0.717, 1.165) is 30.8 Å². The Hall–Kier alpha value is -3.46. The van der Waals surface area contributed by atoms with Crippen LogP contribution in [0.3, 0.4) is 0 Å². The Morgan fingerprint density at radius 1 is 1.05 bits per heavy atom. The number of urea groups is 1. The Bertz CT molecular complexity index is 1510. The van der Waals surface area contributed by atoms with Gasteiger partial charge in [0, 0.05) is 40.8 Å². The zero-order chi connectivity index (χ0) is 26.4. The minimum absolute atomic E-state index is 0.216. The summed E-state index contributed by atoms with van der Waals surface area (Å²) in [5, 5.41) is 4.94. The maximum atomic E-state index is 14.2. The van der Waals surface area contributed by atoms with Crippen LogP contribution in [-0.4, -0.2) is 48.2 Å². The molecule has 0 bridgehead atoms. The lowest BCUT2D eigenvalue weighted by atomic mass is 10.0. The van der Waals surface area contributed by atoms with Crippen molar-refractivity contribution >= 4 is 34.7 Å². The largest absolute Gasteiger partial charge is 0.497 e. The molecular formula is C29H29ClN4O3S. The minimum atomic E-state index is -0.338. The zero-order valence-electron chi connectivity index (χ0n) is 21.5. The van der Waals surface area contributed by atoms with Crippen molar-refractivity contribution in [1.29, 1.82) is 0 Å². The van der Waals surface area contributed by atoms with Gasteiger partial charge in [-0.25, -0.2) is 4.79 Å². The Balaban J connectivity index is 1.48. The molecule has 4 heterocycles. The monoisotopic (exact) mass is 548 g/mol. The molecule has 0 unspecified atom stereocenters. The van der Waals surface area contributed by atoms with Crippen molar-refractivity contribution in [2.45, 2.75) is 25.6 Å². The van der Waals surface area contributed by atoms with E-state index in [1.165, 1.54) is 21.0 Å². The molecule has 7 nitrogen and oxygen atoms in total. The molecule has 2 amide bonds. The molecule has 0 saturated heterocycles. The van der Waals surface area contributed by atoms with Crippen LogP contribution >= 0.6 is 22.9 Å². The van der Waals surface area contributed by atoms with Crippen LogP contribution in [0.15, 0.2) is 60.8 Å². The van der Waals surface area contributed by atoms with E-state index in [2.05, 4.69) is 40.2 Å². The first-order chi connectivity index (χ1) is 18.5. The standard InChI is InChI=1S/C29H29ClN4O3S/c1-32-13-11-21-22-16-34(29(35)31-23-10-9-20(36-2)15-25(23)37-3)27(18-6-4-7-19(30)14-18)24-8-5-12-33(24)28(22)38-26(21)17-32/h4-10,12,14-15,27H,11,13,16-17H2,1-3H3,(H,31,35)/t27-/m1/s1. The summed E-state index contributed by atoms with van der Waals surface area (Å²) in [6.45, 7) is 2.41. The summed E-state index contributed by atoms with van der Waals surface area (Å²) in [6, 6.07) is 16.7. The van der Waals surface area contributed by atoms with Gasteiger partial charge in [0.05, 0.1) is 38.2 Å². The van der Waals surface area contributed by atoms with Crippen LogP contribution in [0.4, 0.5) is 10.5 Å². The lowest BCUT2D eigenvalue weighted by Gasteiger charge is -2.32. The summed E-state index contributed by atoms with van der Waals surface area (Å²) in [5.41, 5.74) is 5.15. The average molecular weight is 549 g/mol. The highest BCUT2D eigenvalue weighted by Crippen LogP contribution is 2.44. The van der Waals surface area contributed by atoms with Gasteiger partial charge in [-0.3, -0.25) is 0 Å². The maximum Gasteiger partial charge on any atom is 0.323 e. The molecular weight excluding hydrogens is 520 g/mol. The number of nitrogens with zero attached hydrogens (tertiary/aromatic N) is 3. The van der Waals surface area contributed by atoms with E-state index in [4.69, 9.17) is 21.1 Å². The predicted molar refractivity (Wildman–Crippen MR) is 151 cm³/mol. The highest BCUT2D eigenvalue weighted by molar-refractivity contribution is 7.15. The number of thiophene rings is 1. The number of methoxy groups -OCH3 is 2.